The Kier molecular flexibility index (Phi) is 11.1. The Balaban J connectivity index is 1.96. The van der Waals surface area contributed by atoms with Crippen molar-refractivity contribution in [3.8, 4) is 0 Å². The fourth-order valence-corrected chi connectivity index (χ4v) is 3.39. The first-order valence-electron chi connectivity index (χ1n) is 10.4. The number of carbonyl (C=O) groups excluding carboxylic acids is 1. The van der Waals surface area contributed by atoms with Crippen molar-refractivity contribution in [3.63, 3.8) is 0 Å². The molecule has 0 amide bonds. The van der Waals surface area contributed by atoms with Crippen LogP contribution in [0.4, 0.5) is 0 Å². The van der Waals surface area contributed by atoms with Crippen LogP contribution in [-0.4, -0.2) is 168 Å². The first-order valence-corrected chi connectivity index (χ1v) is 10.4. The van der Waals surface area contributed by atoms with E-state index in [1.165, 1.54) is 0 Å². The number of aliphatic hydroxyl groups excluding tert-OH is 11. The van der Waals surface area contributed by atoms with Crippen LogP contribution in [0.3, 0.4) is 0 Å². The van der Waals surface area contributed by atoms with Gasteiger partial charge >= 0.3 is 0 Å². The van der Waals surface area contributed by atoms with E-state index in [4.69, 9.17) is 18.9 Å². The van der Waals surface area contributed by atoms with Crippen LogP contribution in [0, 0.1) is 0 Å². The quantitative estimate of drug-likeness (QED) is 0.117. The smallest absolute Gasteiger partial charge is 0.186 e. The van der Waals surface area contributed by atoms with Gasteiger partial charge in [0.25, 0.3) is 0 Å². The number of hydrogen-bond donors (Lipinski definition) is 11. The third-order valence-corrected chi connectivity index (χ3v) is 5.61. The van der Waals surface area contributed by atoms with Gasteiger partial charge in [-0.1, -0.05) is 0 Å². The monoisotopic (exact) mass is 504 g/mol. The van der Waals surface area contributed by atoms with E-state index in [2.05, 4.69) is 0 Å². The van der Waals surface area contributed by atoms with E-state index in [1.54, 1.807) is 0 Å². The predicted octanol–water partition coefficient (Wildman–Crippen LogP) is -7.73. The second kappa shape index (κ2) is 12.9. The molecular weight excluding hydrogens is 472 g/mol. The molecule has 11 N–H and O–H groups in total. The highest BCUT2D eigenvalue weighted by Crippen LogP contribution is 2.26. The third-order valence-electron chi connectivity index (χ3n) is 5.61. The number of rotatable bonds is 11. The minimum Gasteiger partial charge on any atom is -0.394 e. The highest BCUT2D eigenvalue weighted by atomic mass is 16.7. The number of ether oxygens (including phenoxy) is 4. The van der Waals surface area contributed by atoms with Crippen molar-refractivity contribution in [1.29, 1.82) is 0 Å². The molecule has 14 atom stereocenters. The Morgan fingerprint density at radius 3 is 1.74 bits per heavy atom. The van der Waals surface area contributed by atoms with Crippen molar-refractivity contribution in [2.75, 3.05) is 19.8 Å². The van der Waals surface area contributed by atoms with Gasteiger partial charge in [0.05, 0.1) is 19.8 Å². The molecule has 0 aromatic carbocycles. The molecule has 0 aliphatic carbocycles. The lowest BCUT2D eigenvalue weighted by molar-refractivity contribution is -0.333. The maximum atomic E-state index is 10.5. The van der Waals surface area contributed by atoms with Crippen LogP contribution < -0.4 is 0 Å². The van der Waals surface area contributed by atoms with Gasteiger partial charge in [0.1, 0.15) is 73.2 Å². The SMILES string of the molecule is O=C[C@H](O)[C@@H](O)[C@@H](O)[C@H](O)CO[C@@H]1O[C@H](CO[C@@H]2O[C@H](CO)[C@H](O)[C@H](O)[C@H]2O)[C@H](O)[C@H](O)[C@H]1O. The first kappa shape index (κ1) is 29.3. The summed E-state index contributed by atoms with van der Waals surface area (Å²) in [6.07, 6.45) is -24.4. The van der Waals surface area contributed by atoms with E-state index >= 15 is 0 Å². The minimum atomic E-state index is -2.04. The Hall–Kier alpha value is -0.930. The van der Waals surface area contributed by atoms with Crippen molar-refractivity contribution in [1.82, 2.24) is 0 Å². The summed E-state index contributed by atoms with van der Waals surface area (Å²) in [7, 11) is 0. The maximum Gasteiger partial charge on any atom is 0.186 e. The lowest BCUT2D eigenvalue weighted by Gasteiger charge is -2.42. The van der Waals surface area contributed by atoms with E-state index in [0.717, 1.165) is 0 Å². The molecule has 16 nitrogen and oxygen atoms in total. The Bertz CT molecular complexity index is 623. The third kappa shape index (κ3) is 6.64. The molecule has 2 aliphatic heterocycles. The van der Waals surface area contributed by atoms with Gasteiger partial charge in [-0.25, -0.2) is 0 Å². The molecule has 2 saturated heterocycles. The van der Waals surface area contributed by atoms with Crippen molar-refractivity contribution in [2.24, 2.45) is 0 Å². The van der Waals surface area contributed by atoms with Crippen LogP contribution in [0.25, 0.3) is 0 Å². The summed E-state index contributed by atoms with van der Waals surface area (Å²) < 4.78 is 20.8. The summed E-state index contributed by atoms with van der Waals surface area (Å²) >= 11 is 0. The normalized spacial score (nSPS) is 42.6. The number of carbonyl (C=O) groups is 1. The maximum absolute atomic E-state index is 10.5. The zero-order chi connectivity index (χ0) is 25.7. The minimum absolute atomic E-state index is 0.0623. The van der Waals surface area contributed by atoms with E-state index in [0.29, 0.717) is 0 Å². The molecule has 16 heteroatoms. The van der Waals surface area contributed by atoms with Gasteiger partial charge in [0, 0.05) is 0 Å². The van der Waals surface area contributed by atoms with Crippen molar-refractivity contribution < 1.29 is 79.9 Å². The summed E-state index contributed by atoms with van der Waals surface area (Å²) in [5, 5.41) is 107. The van der Waals surface area contributed by atoms with Crippen LogP contribution in [0.15, 0.2) is 0 Å². The summed E-state index contributed by atoms with van der Waals surface area (Å²) in [4.78, 5) is 10.5. The van der Waals surface area contributed by atoms with Gasteiger partial charge in [0.2, 0.25) is 0 Å². The number of aldehydes is 1. The molecule has 200 valence electrons. The lowest BCUT2D eigenvalue weighted by Crippen LogP contribution is -2.62. The molecule has 2 rings (SSSR count). The second-order valence-corrected chi connectivity index (χ2v) is 8.05. The van der Waals surface area contributed by atoms with Gasteiger partial charge in [-0.05, 0) is 0 Å². The molecule has 2 aliphatic rings. The van der Waals surface area contributed by atoms with Gasteiger partial charge in [-0.3, -0.25) is 0 Å². The topological polar surface area (TPSA) is 277 Å². The number of hydrogen-bond acceptors (Lipinski definition) is 16. The van der Waals surface area contributed by atoms with Crippen LogP contribution in [-0.2, 0) is 23.7 Å². The Morgan fingerprint density at radius 2 is 1.21 bits per heavy atom. The molecular formula is C18H32O16. The van der Waals surface area contributed by atoms with Crippen LogP contribution in [0.1, 0.15) is 0 Å². The molecule has 34 heavy (non-hydrogen) atoms. The predicted molar refractivity (Wildman–Crippen MR) is 102 cm³/mol. The summed E-state index contributed by atoms with van der Waals surface area (Å²) in [5.41, 5.74) is 0. The summed E-state index contributed by atoms with van der Waals surface area (Å²) in [6, 6.07) is 0. The van der Waals surface area contributed by atoms with Crippen LogP contribution in [0.5, 0.6) is 0 Å². The highest BCUT2D eigenvalue weighted by molar-refractivity contribution is 5.56. The highest BCUT2D eigenvalue weighted by Gasteiger charge is 2.47. The van der Waals surface area contributed by atoms with Gasteiger partial charge in [-0.2, -0.15) is 0 Å². The molecule has 0 aromatic heterocycles. The fraction of sp³-hybridized carbons (Fsp3) is 0.944. The van der Waals surface area contributed by atoms with Crippen molar-refractivity contribution in [2.45, 2.75) is 85.8 Å². The van der Waals surface area contributed by atoms with E-state index in [1.807, 2.05) is 0 Å². The van der Waals surface area contributed by atoms with E-state index < -0.39 is 106 Å². The van der Waals surface area contributed by atoms with Crippen LogP contribution >= 0.6 is 0 Å². The average Bonchev–Trinajstić information content (AvgIpc) is 2.84. The second-order valence-electron chi connectivity index (χ2n) is 8.05. The number of aliphatic hydroxyl groups is 11. The molecule has 0 spiro atoms. The molecule has 0 aromatic rings. The van der Waals surface area contributed by atoms with Gasteiger partial charge < -0.3 is 79.9 Å². The Labute approximate surface area is 192 Å². The fourth-order valence-electron chi connectivity index (χ4n) is 3.39. The zero-order valence-electron chi connectivity index (χ0n) is 17.7. The van der Waals surface area contributed by atoms with Crippen molar-refractivity contribution in [3.05, 3.63) is 0 Å². The standard InChI is InChI=1S/C18H32O16/c19-1-5(21)9(23)10(24)6(22)3-31-17-16(30)14(28)12(26)8(34-17)4-32-18-15(29)13(27)11(25)7(2-20)33-18/h1,5-18,20-30H,2-4H2/t5-,6+,7+,8+,9+,10-,11-,12-,13-,14-,15+,16+,17+,18+/m0/s1. The molecule has 0 unspecified atom stereocenters. The first-order chi connectivity index (χ1) is 15.9. The molecule has 2 fully saturated rings. The molecule has 0 saturated carbocycles. The van der Waals surface area contributed by atoms with Gasteiger partial charge in [-0.15, -0.1) is 0 Å². The Morgan fingerprint density at radius 1 is 0.706 bits per heavy atom. The zero-order valence-corrected chi connectivity index (χ0v) is 17.7. The van der Waals surface area contributed by atoms with E-state index in [9.17, 15) is 61.0 Å². The molecule has 0 bridgehead atoms. The average molecular weight is 504 g/mol. The summed E-state index contributed by atoms with van der Waals surface area (Å²) in [5.74, 6) is 0. The largest absolute Gasteiger partial charge is 0.394 e. The molecule has 0 radical (unpaired) electrons. The summed E-state index contributed by atoms with van der Waals surface area (Å²) in [6.45, 7) is -2.13. The lowest BCUT2D eigenvalue weighted by atomic mass is 9.98. The van der Waals surface area contributed by atoms with Crippen molar-refractivity contribution >= 4 is 6.29 Å². The van der Waals surface area contributed by atoms with Crippen LogP contribution in [0.2, 0.25) is 0 Å². The molecule has 2 heterocycles. The van der Waals surface area contributed by atoms with E-state index in [-0.39, 0.29) is 6.29 Å². The van der Waals surface area contributed by atoms with Gasteiger partial charge in [0.15, 0.2) is 18.9 Å².